The summed E-state index contributed by atoms with van der Waals surface area (Å²) in [7, 11) is 3.18. The first-order valence-electron chi connectivity index (χ1n) is 4.60. The maximum absolute atomic E-state index is 5.41. The van der Waals surface area contributed by atoms with Gasteiger partial charge >= 0.3 is 0 Å². The lowest BCUT2D eigenvalue weighted by Gasteiger charge is -2.10. The molecule has 6 heteroatoms. The quantitative estimate of drug-likeness (QED) is 0.446. The van der Waals surface area contributed by atoms with Crippen LogP contribution >= 0.6 is 12.4 Å². The van der Waals surface area contributed by atoms with Gasteiger partial charge in [-0.2, -0.15) is 0 Å². The summed E-state index contributed by atoms with van der Waals surface area (Å²) in [6.07, 6.45) is 0. The third kappa shape index (κ3) is 4.14. The summed E-state index contributed by atoms with van der Waals surface area (Å²) in [6.45, 7) is 1.10. The number of benzene rings is 1. The second-order valence-electron chi connectivity index (χ2n) is 2.82. The number of nitrogens with one attached hydrogen (secondary N) is 1. The van der Waals surface area contributed by atoms with E-state index in [2.05, 4.69) is 5.43 Å². The molecule has 0 spiro atoms. The maximum Gasteiger partial charge on any atom is 0.164 e. The molecule has 0 heterocycles. The van der Waals surface area contributed by atoms with Crippen molar-refractivity contribution in [2.45, 2.75) is 0 Å². The van der Waals surface area contributed by atoms with Gasteiger partial charge in [-0.1, -0.05) is 0 Å². The molecule has 0 saturated carbocycles. The average molecular weight is 249 g/mol. The molecule has 0 aliphatic carbocycles. The van der Waals surface area contributed by atoms with Gasteiger partial charge in [-0.25, -0.2) is 0 Å². The molecule has 1 aromatic rings. The Morgan fingerprint density at radius 1 is 1.19 bits per heavy atom. The molecule has 5 nitrogen and oxygen atoms in total. The normalized spacial score (nSPS) is 9.19. The SMILES string of the molecule is COc1ccc(OCCNN)cc1OC.Cl. The number of halogens is 1. The van der Waals surface area contributed by atoms with Crippen molar-refractivity contribution in [1.29, 1.82) is 0 Å². The highest BCUT2D eigenvalue weighted by Crippen LogP contribution is 2.30. The predicted molar refractivity (Wildman–Crippen MR) is 64.5 cm³/mol. The van der Waals surface area contributed by atoms with Gasteiger partial charge in [0.05, 0.1) is 14.2 Å². The lowest BCUT2D eigenvalue weighted by Crippen LogP contribution is -2.27. The minimum absolute atomic E-state index is 0. The van der Waals surface area contributed by atoms with Gasteiger partial charge in [-0.05, 0) is 12.1 Å². The molecule has 0 bridgehead atoms. The van der Waals surface area contributed by atoms with Crippen molar-refractivity contribution in [3.05, 3.63) is 18.2 Å². The fraction of sp³-hybridized carbons (Fsp3) is 0.400. The van der Waals surface area contributed by atoms with Crippen LogP contribution < -0.4 is 25.5 Å². The summed E-state index contributed by atoms with van der Waals surface area (Å²) in [5, 5.41) is 0. The molecule has 0 amide bonds. The third-order valence-electron chi connectivity index (χ3n) is 1.87. The highest BCUT2D eigenvalue weighted by molar-refractivity contribution is 5.85. The Bertz CT molecular complexity index is 310. The molecule has 0 aromatic heterocycles. The Balaban J connectivity index is 0.00000225. The number of hydrogen-bond donors (Lipinski definition) is 2. The number of hydrazine groups is 1. The zero-order valence-electron chi connectivity index (χ0n) is 9.36. The van der Waals surface area contributed by atoms with E-state index >= 15 is 0 Å². The summed E-state index contributed by atoms with van der Waals surface area (Å²) in [5.41, 5.74) is 2.51. The summed E-state index contributed by atoms with van der Waals surface area (Å²) < 4.78 is 15.7. The molecule has 0 saturated heterocycles. The molecular formula is C10H17ClN2O3. The molecule has 0 aliphatic rings. The first-order valence-corrected chi connectivity index (χ1v) is 4.60. The summed E-state index contributed by atoms with van der Waals surface area (Å²) >= 11 is 0. The molecule has 1 aromatic carbocycles. The topological polar surface area (TPSA) is 65.7 Å². The van der Waals surface area contributed by atoms with Gasteiger partial charge in [-0.3, -0.25) is 11.3 Å². The minimum atomic E-state index is 0. The van der Waals surface area contributed by atoms with Crippen LogP contribution in [-0.4, -0.2) is 27.4 Å². The van der Waals surface area contributed by atoms with E-state index in [1.165, 1.54) is 0 Å². The van der Waals surface area contributed by atoms with Gasteiger partial charge in [0.15, 0.2) is 11.5 Å². The number of ether oxygens (including phenoxy) is 3. The molecule has 0 atom stereocenters. The van der Waals surface area contributed by atoms with E-state index in [0.29, 0.717) is 24.7 Å². The fourth-order valence-corrected chi connectivity index (χ4v) is 1.13. The molecular weight excluding hydrogens is 232 g/mol. The Morgan fingerprint density at radius 2 is 1.88 bits per heavy atom. The van der Waals surface area contributed by atoms with Crippen molar-refractivity contribution in [3.8, 4) is 17.2 Å². The Labute approximate surface area is 101 Å². The van der Waals surface area contributed by atoms with Crippen LogP contribution in [0.25, 0.3) is 0 Å². The maximum atomic E-state index is 5.41. The molecule has 92 valence electrons. The van der Waals surface area contributed by atoms with Crippen LogP contribution in [0.5, 0.6) is 17.2 Å². The van der Waals surface area contributed by atoms with Crippen molar-refractivity contribution >= 4 is 12.4 Å². The van der Waals surface area contributed by atoms with Gasteiger partial charge in [0.1, 0.15) is 12.4 Å². The molecule has 16 heavy (non-hydrogen) atoms. The van der Waals surface area contributed by atoms with Crippen LogP contribution in [0, 0.1) is 0 Å². The number of rotatable bonds is 6. The second kappa shape index (κ2) is 8.04. The van der Waals surface area contributed by atoms with Crippen LogP contribution in [0.2, 0.25) is 0 Å². The van der Waals surface area contributed by atoms with Crippen LogP contribution in [0.4, 0.5) is 0 Å². The van der Waals surface area contributed by atoms with Gasteiger partial charge in [0, 0.05) is 12.6 Å². The number of hydrogen-bond acceptors (Lipinski definition) is 5. The molecule has 0 aliphatic heterocycles. The summed E-state index contributed by atoms with van der Waals surface area (Å²) in [6, 6.07) is 5.39. The van der Waals surface area contributed by atoms with Crippen LogP contribution in [-0.2, 0) is 0 Å². The highest BCUT2D eigenvalue weighted by atomic mass is 35.5. The monoisotopic (exact) mass is 248 g/mol. The smallest absolute Gasteiger partial charge is 0.164 e. The number of methoxy groups -OCH3 is 2. The molecule has 0 radical (unpaired) electrons. The Morgan fingerprint density at radius 3 is 2.44 bits per heavy atom. The molecule has 0 unspecified atom stereocenters. The van der Waals surface area contributed by atoms with Gasteiger partial charge < -0.3 is 14.2 Å². The van der Waals surface area contributed by atoms with Crippen molar-refractivity contribution in [1.82, 2.24) is 5.43 Å². The van der Waals surface area contributed by atoms with Gasteiger partial charge in [-0.15, -0.1) is 12.4 Å². The van der Waals surface area contributed by atoms with Crippen molar-refractivity contribution in [2.75, 3.05) is 27.4 Å². The predicted octanol–water partition coefficient (Wildman–Crippen LogP) is 0.968. The first-order chi connectivity index (χ1) is 7.31. The van der Waals surface area contributed by atoms with E-state index in [1.54, 1.807) is 26.4 Å². The lowest BCUT2D eigenvalue weighted by atomic mass is 10.3. The van der Waals surface area contributed by atoms with Crippen LogP contribution in [0.1, 0.15) is 0 Å². The molecule has 1 rings (SSSR count). The highest BCUT2D eigenvalue weighted by Gasteiger charge is 2.04. The van der Waals surface area contributed by atoms with E-state index in [1.807, 2.05) is 6.07 Å². The largest absolute Gasteiger partial charge is 0.493 e. The minimum Gasteiger partial charge on any atom is -0.493 e. The average Bonchev–Trinajstić information content (AvgIpc) is 2.29. The van der Waals surface area contributed by atoms with Crippen molar-refractivity contribution < 1.29 is 14.2 Å². The van der Waals surface area contributed by atoms with E-state index in [4.69, 9.17) is 20.1 Å². The van der Waals surface area contributed by atoms with Gasteiger partial charge in [0.2, 0.25) is 0 Å². The second-order valence-corrected chi connectivity index (χ2v) is 2.82. The van der Waals surface area contributed by atoms with Crippen LogP contribution in [0.15, 0.2) is 18.2 Å². The zero-order valence-corrected chi connectivity index (χ0v) is 10.2. The van der Waals surface area contributed by atoms with Crippen molar-refractivity contribution in [2.24, 2.45) is 5.84 Å². The Hall–Kier alpha value is -1.17. The Kier molecular flexibility index (Phi) is 7.45. The van der Waals surface area contributed by atoms with E-state index in [9.17, 15) is 0 Å². The molecule has 3 N–H and O–H groups in total. The summed E-state index contributed by atoms with van der Waals surface area (Å²) in [5.74, 6) is 7.18. The van der Waals surface area contributed by atoms with Gasteiger partial charge in [0.25, 0.3) is 0 Å². The standard InChI is InChI=1S/C10H16N2O3.ClH/c1-13-9-4-3-8(7-10(9)14-2)15-6-5-12-11;/h3-4,7,12H,5-6,11H2,1-2H3;1H. The zero-order chi connectivity index (χ0) is 11.1. The van der Waals surface area contributed by atoms with E-state index in [0.717, 1.165) is 5.75 Å². The first kappa shape index (κ1) is 14.8. The number of nitrogens with two attached hydrogens (primary N) is 1. The third-order valence-corrected chi connectivity index (χ3v) is 1.87. The summed E-state index contributed by atoms with van der Waals surface area (Å²) in [4.78, 5) is 0. The lowest BCUT2D eigenvalue weighted by molar-refractivity contribution is 0.308. The van der Waals surface area contributed by atoms with E-state index in [-0.39, 0.29) is 12.4 Å². The fourth-order valence-electron chi connectivity index (χ4n) is 1.13. The van der Waals surface area contributed by atoms with Crippen molar-refractivity contribution in [3.63, 3.8) is 0 Å². The van der Waals surface area contributed by atoms with Crippen LogP contribution in [0.3, 0.4) is 0 Å². The van der Waals surface area contributed by atoms with E-state index < -0.39 is 0 Å². The molecule has 0 fully saturated rings.